The highest BCUT2D eigenvalue weighted by atomic mass is 16.5. The van der Waals surface area contributed by atoms with Crippen LogP contribution in [0.5, 0.6) is 0 Å². The van der Waals surface area contributed by atoms with Gasteiger partial charge in [0.1, 0.15) is 12.6 Å². The highest BCUT2D eigenvalue weighted by molar-refractivity contribution is 5.86. The smallest absolute Gasteiger partial charge is 0.408 e. The molecule has 0 unspecified atom stereocenters. The van der Waals surface area contributed by atoms with Crippen molar-refractivity contribution in [3.8, 4) is 0 Å². The summed E-state index contributed by atoms with van der Waals surface area (Å²) < 4.78 is 5.22. The molecule has 0 bridgehead atoms. The zero-order valence-electron chi connectivity index (χ0n) is 17.6. The summed E-state index contributed by atoms with van der Waals surface area (Å²) in [4.78, 5) is 32.4. The van der Waals surface area contributed by atoms with Crippen LogP contribution in [0.4, 0.5) is 4.79 Å². The van der Waals surface area contributed by atoms with Gasteiger partial charge in [-0.25, -0.2) is 9.78 Å². The molecule has 1 aromatic heterocycles. The van der Waals surface area contributed by atoms with Gasteiger partial charge in [-0.05, 0) is 35.7 Å². The second kappa shape index (κ2) is 9.78. The third kappa shape index (κ3) is 5.13. The molecule has 0 saturated heterocycles. The van der Waals surface area contributed by atoms with E-state index in [1.54, 1.807) is 13.3 Å². The maximum Gasteiger partial charge on any atom is 0.408 e. The van der Waals surface area contributed by atoms with Gasteiger partial charge in [0.25, 0.3) is 0 Å². The highest BCUT2D eigenvalue weighted by Gasteiger charge is 2.22. The maximum atomic E-state index is 12.9. The van der Waals surface area contributed by atoms with Crippen LogP contribution in [0, 0.1) is 0 Å². The summed E-state index contributed by atoms with van der Waals surface area (Å²) in [7, 11) is 0. The molecular formula is C25H24N4O3. The summed E-state index contributed by atoms with van der Waals surface area (Å²) in [5, 5.41) is 5.64. The number of alkyl carbamates (subject to hydrolysis) is 1. The number of nitrogens with zero attached hydrogens (tertiary/aromatic N) is 1. The molecule has 7 heteroatoms. The van der Waals surface area contributed by atoms with Gasteiger partial charge in [-0.1, -0.05) is 66.7 Å². The summed E-state index contributed by atoms with van der Waals surface area (Å²) >= 11 is 0. The largest absolute Gasteiger partial charge is 0.445 e. The minimum Gasteiger partial charge on any atom is -0.445 e. The van der Waals surface area contributed by atoms with Crippen LogP contribution in [-0.4, -0.2) is 28.0 Å². The van der Waals surface area contributed by atoms with E-state index in [2.05, 4.69) is 20.6 Å². The van der Waals surface area contributed by atoms with E-state index in [1.165, 1.54) is 0 Å². The van der Waals surface area contributed by atoms with Crippen molar-refractivity contribution >= 4 is 23.0 Å². The molecule has 32 heavy (non-hydrogen) atoms. The zero-order chi connectivity index (χ0) is 22.3. The summed E-state index contributed by atoms with van der Waals surface area (Å²) in [5.74, 6) is -0.319. The van der Waals surface area contributed by atoms with Crippen molar-refractivity contribution in [3.63, 3.8) is 0 Å². The first-order valence-electron chi connectivity index (χ1n) is 10.4. The summed E-state index contributed by atoms with van der Waals surface area (Å²) in [6.45, 7) is 1.76. The molecule has 4 rings (SSSR count). The van der Waals surface area contributed by atoms with Gasteiger partial charge in [0.15, 0.2) is 0 Å². The van der Waals surface area contributed by atoms with Crippen molar-refractivity contribution in [2.24, 2.45) is 0 Å². The minimum atomic E-state index is -0.777. The van der Waals surface area contributed by atoms with E-state index < -0.39 is 12.1 Å². The van der Waals surface area contributed by atoms with Crippen LogP contribution in [0.3, 0.4) is 0 Å². The van der Waals surface area contributed by atoms with E-state index >= 15 is 0 Å². The van der Waals surface area contributed by atoms with E-state index in [0.717, 1.165) is 27.7 Å². The summed E-state index contributed by atoms with van der Waals surface area (Å²) in [5.41, 5.74) is 4.44. The fourth-order valence-corrected chi connectivity index (χ4v) is 3.41. The molecule has 3 aromatic carbocycles. The molecule has 0 spiro atoms. The van der Waals surface area contributed by atoms with E-state index in [9.17, 15) is 9.59 Å². The third-order valence-corrected chi connectivity index (χ3v) is 5.14. The quantitative estimate of drug-likeness (QED) is 0.413. The van der Waals surface area contributed by atoms with Crippen molar-refractivity contribution in [1.82, 2.24) is 20.6 Å². The number of benzene rings is 3. The molecule has 0 radical (unpaired) electrons. The number of carbonyl (C=O) groups is 2. The standard InChI is InChI=1S/C25H24N4O3/c1-17(28-25(31)32-15-18-8-4-2-5-9-18)24(30)29-23(19-10-6-3-7-11-19)20-12-13-21-22(14-20)27-16-26-21/h2-14,16-17,23H,15H2,1H3,(H,26,27)(H,28,31)(H,29,30)/t17-,23-/m0/s1. The van der Waals surface area contributed by atoms with Gasteiger partial charge >= 0.3 is 6.09 Å². The molecule has 4 aromatic rings. The van der Waals surface area contributed by atoms with Crippen molar-refractivity contribution in [2.75, 3.05) is 0 Å². The van der Waals surface area contributed by atoms with Gasteiger partial charge in [0.05, 0.1) is 23.4 Å². The number of aromatic amines is 1. The number of amides is 2. The number of fused-ring (bicyclic) bond motifs is 1. The van der Waals surface area contributed by atoms with Gasteiger partial charge in [0.2, 0.25) is 5.91 Å². The molecule has 2 atom stereocenters. The SMILES string of the molecule is C[C@H](NC(=O)OCc1ccccc1)C(=O)N[C@@H](c1ccccc1)c1ccc2nc[nH]c2c1. The Morgan fingerprint density at radius 3 is 2.41 bits per heavy atom. The van der Waals surface area contributed by atoms with Crippen LogP contribution >= 0.6 is 0 Å². The lowest BCUT2D eigenvalue weighted by Gasteiger charge is -2.22. The fourth-order valence-electron chi connectivity index (χ4n) is 3.41. The van der Waals surface area contributed by atoms with Gasteiger partial charge in [-0.2, -0.15) is 0 Å². The van der Waals surface area contributed by atoms with Gasteiger partial charge < -0.3 is 20.4 Å². The molecule has 1 heterocycles. The predicted octanol–water partition coefficient (Wildman–Crippen LogP) is 4.08. The van der Waals surface area contributed by atoms with E-state index in [-0.39, 0.29) is 18.6 Å². The predicted molar refractivity (Wildman–Crippen MR) is 122 cm³/mol. The lowest BCUT2D eigenvalue weighted by atomic mass is 9.98. The third-order valence-electron chi connectivity index (χ3n) is 5.14. The number of ether oxygens (including phenoxy) is 1. The molecule has 0 aliphatic heterocycles. The minimum absolute atomic E-state index is 0.137. The number of aromatic nitrogens is 2. The molecule has 0 fully saturated rings. The fraction of sp³-hybridized carbons (Fsp3) is 0.160. The Balaban J connectivity index is 1.44. The Kier molecular flexibility index (Phi) is 6.46. The highest BCUT2D eigenvalue weighted by Crippen LogP contribution is 2.24. The Bertz CT molecular complexity index is 1190. The first-order chi connectivity index (χ1) is 15.6. The van der Waals surface area contributed by atoms with Crippen molar-refractivity contribution in [2.45, 2.75) is 25.6 Å². The molecule has 3 N–H and O–H groups in total. The maximum absolute atomic E-state index is 12.9. The lowest BCUT2D eigenvalue weighted by Crippen LogP contribution is -2.46. The number of nitrogens with one attached hydrogen (secondary N) is 3. The average molecular weight is 428 g/mol. The monoisotopic (exact) mass is 428 g/mol. The number of hydrogen-bond acceptors (Lipinski definition) is 4. The Labute approximate surface area is 185 Å². The van der Waals surface area contributed by atoms with Crippen LogP contribution in [0.15, 0.2) is 85.2 Å². The van der Waals surface area contributed by atoms with Gasteiger partial charge in [-0.3, -0.25) is 4.79 Å². The lowest BCUT2D eigenvalue weighted by molar-refractivity contribution is -0.123. The van der Waals surface area contributed by atoms with Gasteiger partial charge in [-0.15, -0.1) is 0 Å². The first-order valence-corrected chi connectivity index (χ1v) is 10.4. The van der Waals surface area contributed by atoms with Crippen LogP contribution in [0.1, 0.15) is 29.7 Å². The second-order valence-corrected chi connectivity index (χ2v) is 7.46. The number of H-pyrrole nitrogens is 1. The average Bonchev–Trinajstić information content (AvgIpc) is 3.30. The van der Waals surface area contributed by atoms with Crippen LogP contribution in [0.2, 0.25) is 0 Å². The molecule has 0 saturated carbocycles. The Hall–Kier alpha value is -4.13. The van der Waals surface area contributed by atoms with Crippen LogP contribution in [0.25, 0.3) is 11.0 Å². The molecule has 0 aliphatic carbocycles. The second-order valence-electron chi connectivity index (χ2n) is 7.46. The molecule has 2 amide bonds. The van der Waals surface area contributed by atoms with Crippen molar-refractivity contribution in [1.29, 1.82) is 0 Å². The first kappa shape index (κ1) is 21.1. The molecule has 162 valence electrons. The van der Waals surface area contributed by atoms with Gasteiger partial charge in [0, 0.05) is 0 Å². The number of imidazole rings is 1. The zero-order valence-corrected chi connectivity index (χ0v) is 17.6. The summed E-state index contributed by atoms with van der Waals surface area (Å²) in [6.07, 6.45) is 0.990. The van der Waals surface area contributed by atoms with E-state index in [1.807, 2.05) is 78.9 Å². The van der Waals surface area contributed by atoms with Crippen molar-refractivity contribution < 1.29 is 14.3 Å². The normalized spacial score (nSPS) is 12.7. The number of hydrogen-bond donors (Lipinski definition) is 3. The Morgan fingerprint density at radius 1 is 0.938 bits per heavy atom. The molecule has 7 nitrogen and oxygen atoms in total. The summed E-state index contributed by atoms with van der Waals surface area (Å²) in [6, 6.07) is 23.7. The van der Waals surface area contributed by atoms with Crippen LogP contribution in [-0.2, 0) is 16.1 Å². The Morgan fingerprint density at radius 2 is 1.66 bits per heavy atom. The molecular weight excluding hydrogens is 404 g/mol. The number of carbonyl (C=O) groups excluding carboxylic acids is 2. The molecule has 0 aliphatic rings. The van der Waals surface area contributed by atoms with E-state index in [0.29, 0.717) is 0 Å². The van der Waals surface area contributed by atoms with E-state index in [4.69, 9.17) is 4.74 Å². The topological polar surface area (TPSA) is 96.1 Å². The van der Waals surface area contributed by atoms with Crippen molar-refractivity contribution in [3.05, 3.63) is 102 Å². The van der Waals surface area contributed by atoms with Crippen LogP contribution < -0.4 is 10.6 Å². The number of rotatable bonds is 7.